The lowest BCUT2D eigenvalue weighted by molar-refractivity contribution is 0.0985. The summed E-state index contributed by atoms with van der Waals surface area (Å²) in [6.07, 6.45) is 1.43. The first kappa shape index (κ1) is 8.95. The number of thiophene rings is 1. The largest absolute Gasteiger partial charge is 0.293 e. The third kappa shape index (κ3) is 1.93. The maximum atomic E-state index is 11.3. The highest BCUT2D eigenvalue weighted by atomic mass is 32.1. The Morgan fingerprint density at radius 2 is 2.42 bits per heavy atom. The zero-order valence-electron chi connectivity index (χ0n) is 6.83. The summed E-state index contributed by atoms with van der Waals surface area (Å²) in [4.78, 5) is 12.6. The summed E-state index contributed by atoms with van der Waals surface area (Å²) in [5.74, 6) is 0.143. The van der Waals surface area contributed by atoms with Gasteiger partial charge in [-0.2, -0.15) is 5.26 Å². The monoisotopic (exact) mass is 179 g/mol. The minimum atomic E-state index is 0.143. The number of carbonyl (C=O) groups is 1. The molecule has 0 radical (unpaired) electrons. The van der Waals surface area contributed by atoms with Crippen LogP contribution in [0.3, 0.4) is 0 Å². The van der Waals surface area contributed by atoms with E-state index in [9.17, 15) is 4.79 Å². The van der Waals surface area contributed by atoms with Crippen molar-refractivity contribution in [3.63, 3.8) is 0 Å². The van der Waals surface area contributed by atoms with E-state index in [-0.39, 0.29) is 5.78 Å². The number of Topliss-reactive ketones (excluding diaryl/α,β-unsaturated/α-hetero) is 1. The van der Waals surface area contributed by atoms with Gasteiger partial charge in [0.25, 0.3) is 0 Å². The minimum Gasteiger partial charge on any atom is -0.293 e. The Balaban J connectivity index is 2.76. The molecule has 1 aromatic rings. The molecule has 0 aliphatic rings. The smallest absolute Gasteiger partial charge is 0.172 e. The molecule has 1 aromatic heterocycles. The Hall–Kier alpha value is -1.14. The number of hydrogen-bond donors (Lipinski definition) is 0. The Kier molecular flexibility index (Phi) is 3.01. The zero-order chi connectivity index (χ0) is 8.97. The van der Waals surface area contributed by atoms with Crippen LogP contribution in [0.15, 0.2) is 12.1 Å². The Bertz CT molecular complexity index is 322. The van der Waals surface area contributed by atoms with Crippen LogP contribution in [-0.2, 0) is 0 Å². The van der Waals surface area contributed by atoms with E-state index in [4.69, 9.17) is 5.26 Å². The van der Waals surface area contributed by atoms with Gasteiger partial charge in [0, 0.05) is 6.42 Å². The van der Waals surface area contributed by atoms with Gasteiger partial charge in [-0.25, -0.2) is 0 Å². The number of rotatable bonds is 3. The van der Waals surface area contributed by atoms with Gasteiger partial charge in [-0.3, -0.25) is 4.79 Å². The highest BCUT2D eigenvalue weighted by Crippen LogP contribution is 2.17. The van der Waals surface area contributed by atoms with Crippen LogP contribution in [0, 0.1) is 11.3 Å². The van der Waals surface area contributed by atoms with Gasteiger partial charge in [0.15, 0.2) is 5.78 Å². The summed E-state index contributed by atoms with van der Waals surface area (Å²) in [7, 11) is 0. The van der Waals surface area contributed by atoms with E-state index in [1.54, 1.807) is 12.1 Å². The molecule has 0 amide bonds. The van der Waals surface area contributed by atoms with Crippen LogP contribution in [0.25, 0.3) is 0 Å². The molecule has 0 aromatic carbocycles. The maximum absolute atomic E-state index is 11.3. The average Bonchev–Trinajstić information content (AvgIpc) is 2.52. The first-order valence-corrected chi connectivity index (χ1v) is 4.62. The molecule has 0 saturated heterocycles. The van der Waals surface area contributed by atoms with Crippen LogP contribution in [0.5, 0.6) is 0 Å². The van der Waals surface area contributed by atoms with Crippen molar-refractivity contribution in [2.45, 2.75) is 19.8 Å². The van der Waals surface area contributed by atoms with Crippen molar-refractivity contribution < 1.29 is 4.79 Å². The Labute approximate surface area is 75.5 Å². The molecule has 62 valence electrons. The first-order valence-electron chi connectivity index (χ1n) is 3.81. The molecule has 0 fully saturated rings. The Morgan fingerprint density at radius 1 is 1.67 bits per heavy atom. The second-order valence-corrected chi connectivity index (χ2v) is 3.53. The summed E-state index contributed by atoms with van der Waals surface area (Å²) in [5.41, 5.74) is 0. The maximum Gasteiger partial charge on any atom is 0.172 e. The summed E-state index contributed by atoms with van der Waals surface area (Å²) < 4.78 is 0. The fraction of sp³-hybridized carbons (Fsp3) is 0.333. The molecule has 3 heteroatoms. The molecule has 1 rings (SSSR count). The number of nitrogens with zero attached hydrogens (tertiary/aromatic N) is 1. The van der Waals surface area contributed by atoms with Gasteiger partial charge in [0.1, 0.15) is 10.9 Å². The van der Waals surface area contributed by atoms with E-state index in [0.29, 0.717) is 16.2 Å². The lowest BCUT2D eigenvalue weighted by Gasteiger charge is -1.90. The van der Waals surface area contributed by atoms with Crippen molar-refractivity contribution >= 4 is 17.1 Å². The normalized spacial score (nSPS) is 9.33. The van der Waals surface area contributed by atoms with E-state index < -0.39 is 0 Å². The molecule has 2 nitrogen and oxygen atoms in total. The second kappa shape index (κ2) is 4.03. The molecule has 0 bridgehead atoms. The van der Waals surface area contributed by atoms with Crippen molar-refractivity contribution in [2.24, 2.45) is 0 Å². The fourth-order valence-electron chi connectivity index (χ4n) is 0.898. The minimum absolute atomic E-state index is 0.143. The molecule has 0 atom stereocenters. The molecular formula is C9H9NOS. The van der Waals surface area contributed by atoms with Gasteiger partial charge in [-0.05, 0) is 18.6 Å². The molecule has 0 aliphatic heterocycles. The third-order valence-corrected chi connectivity index (χ3v) is 2.50. The SMILES string of the molecule is CCCC(=O)c1ccc(C#N)s1. The van der Waals surface area contributed by atoms with Crippen molar-refractivity contribution in [3.05, 3.63) is 21.9 Å². The molecule has 12 heavy (non-hydrogen) atoms. The van der Waals surface area contributed by atoms with Gasteiger partial charge in [0.05, 0.1) is 4.88 Å². The highest BCUT2D eigenvalue weighted by Gasteiger charge is 2.07. The first-order chi connectivity index (χ1) is 5.77. The van der Waals surface area contributed by atoms with Crippen LogP contribution in [0.4, 0.5) is 0 Å². The van der Waals surface area contributed by atoms with Gasteiger partial charge >= 0.3 is 0 Å². The predicted octanol–water partition coefficient (Wildman–Crippen LogP) is 2.60. The fourth-order valence-corrected chi connectivity index (χ4v) is 1.67. The number of ketones is 1. The summed E-state index contributed by atoms with van der Waals surface area (Å²) in [5, 5.41) is 8.51. The van der Waals surface area contributed by atoms with Crippen LogP contribution >= 0.6 is 11.3 Å². The molecule has 0 unspecified atom stereocenters. The van der Waals surface area contributed by atoms with E-state index in [1.165, 1.54) is 11.3 Å². The predicted molar refractivity (Wildman–Crippen MR) is 48.3 cm³/mol. The summed E-state index contributed by atoms with van der Waals surface area (Å²) in [6.45, 7) is 1.97. The van der Waals surface area contributed by atoms with Crippen molar-refractivity contribution in [1.29, 1.82) is 5.26 Å². The number of carbonyl (C=O) groups excluding carboxylic acids is 1. The van der Waals surface area contributed by atoms with Gasteiger partial charge in [0.2, 0.25) is 0 Å². The lowest BCUT2D eigenvalue weighted by atomic mass is 10.2. The second-order valence-electron chi connectivity index (χ2n) is 2.45. The molecule has 0 aliphatic carbocycles. The molecule has 1 heterocycles. The van der Waals surface area contributed by atoms with E-state index in [0.717, 1.165) is 6.42 Å². The lowest BCUT2D eigenvalue weighted by Crippen LogP contribution is -1.93. The van der Waals surface area contributed by atoms with E-state index >= 15 is 0 Å². The van der Waals surface area contributed by atoms with Crippen LogP contribution < -0.4 is 0 Å². The van der Waals surface area contributed by atoms with E-state index in [2.05, 4.69) is 0 Å². The van der Waals surface area contributed by atoms with Crippen LogP contribution in [0.2, 0.25) is 0 Å². The number of nitriles is 1. The zero-order valence-corrected chi connectivity index (χ0v) is 7.65. The quantitative estimate of drug-likeness (QED) is 0.669. The van der Waals surface area contributed by atoms with Crippen molar-refractivity contribution in [2.75, 3.05) is 0 Å². The molecule has 0 N–H and O–H groups in total. The number of hydrogen-bond acceptors (Lipinski definition) is 3. The molecular weight excluding hydrogens is 170 g/mol. The summed E-state index contributed by atoms with van der Waals surface area (Å²) in [6, 6.07) is 5.42. The van der Waals surface area contributed by atoms with Gasteiger partial charge in [-0.1, -0.05) is 6.92 Å². The van der Waals surface area contributed by atoms with Gasteiger partial charge < -0.3 is 0 Å². The van der Waals surface area contributed by atoms with E-state index in [1.807, 2.05) is 13.0 Å². The highest BCUT2D eigenvalue weighted by molar-refractivity contribution is 7.14. The van der Waals surface area contributed by atoms with Crippen molar-refractivity contribution in [3.8, 4) is 6.07 Å². The Morgan fingerprint density at radius 3 is 2.92 bits per heavy atom. The standard InChI is InChI=1S/C9H9NOS/c1-2-3-8(11)9-5-4-7(6-10)12-9/h4-5H,2-3H2,1H3. The van der Waals surface area contributed by atoms with Crippen LogP contribution in [0.1, 0.15) is 34.3 Å². The van der Waals surface area contributed by atoms with Crippen LogP contribution in [-0.4, -0.2) is 5.78 Å². The van der Waals surface area contributed by atoms with Crippen molar-refractivity contribution in [1.82, 2.24) is 0 Å². The average molecular weight is 179 g/mol. The third-order valence-electron chi connectivity index (χ3n) is 1.47. The summed E-state index contributed by atoms with van der Waals surface area (Å²) >= 11 is 1.27. The van der Waals surface area contributed by atoms with Gasteiger partial charge in [-0.15, -0.1) is 11.3 Å². The molecule has 0 spiro atoms. The molecule has 0 saturated carbocycles. The topological polar surface area (TPSA) is 40.9 Å².